The molecule has 1 heterocycles. The third-order valence-corrected chi connectivity index (χ3v) is 6.21. The van der Waals surface area contributed by atoms with Crippen LogP contribution in [0.15, 0.2) is 11.6 Å². The van der Waals surface area contributed by atoms with Gasteiger partial charge in [0.1, 0.15) is 6.04 Å². The Morgan fingerprint density at radius 3 is 2.23 bits per heavy atom. The molecule has 7 heteroatoms. The molecule has 1 fully saturated rings. The molecule has 0 bridgehead atoms. The monoisotopic (exact) mass is 437 g/mol. The number of carboxylic acids is 1. The Hall–Kier alpha value is -1.89. The molecule has 1 aliphatic rings. The molecule has 178 valence electrons. The third kappa shape index (κ3) is 7.95. The summed E-state index contributed by atoms with van der Waals surface area (Å²) in [6, 6.07) is -1.07. The van der Waals surface area contributed by atoms with Gasteiger partial charge in [0, 0.05) is 11.6 Å². The van der Waals surface area contributed by atoms with E-state index in [1.54, 1.807) is 6.08 Å². The molecule has 0 aromatic rings. The van der Waals surface area contributed by atoms with Crippen LogP contribution in [-0.4, -0.2) is 58.5 Å². The lowest BCUT2D eigenvalue weighted by molar-refractivity contribution is -0.136. The van der Waals surface area contributed by atoms with Gasteiger partial charge < -0.3 is 15.7 Å². The molecular formula is C24H43N3O4. The van der Waals surface area contributed by atoms with Crippen LogP contribution in [0.5, 0.6) is 0 Å². The minimum atomic E-state index is -1.01. The summed E-state index contributed by atoms with van der Waals surface area (Å²) < 4.78 is 0. The number of hydrogen-bond acceptors (Lipinski definition) is 4. The molecule has 0 spiro atoms. The zero-order valence-electron chi connectivity index (χ0n) is 20.6. The summed E-state index contributed by atoms with van der Waals surface area (Å²) >= 11 is 0. The molecule has 0 saturated carbocycles. The normalized spacial score (nSPS) is 21.3. The van der Waals surface area contributed by atoms with Crippen LogP contribution in [0.1, 0.15) is 81.1 Å². The molecule has 3 unspecified atom stereocenters. The SMILES string of the molecule is CCC(C)N1CCCCC1C(=O)NC(C(=O)N[C@H](/C=C(\C)C(=O)O)C(C)C)C(C)(C)C. The average molecular weight is 438 g/mol. The first-order chi connectivity index (χ1) is 14.3. The van der Waals surface area contributed by atoms with E-state index in [0.717, 1.165) is 32.2 Å². The van der Waals surface area contributed by atoms with E-state index in [-0.39, 0.29) is 29.3 Å². The number of piperidine rings is 1. The van der Waals surface area contributed by atoms with Gasteiger partial charge in [-0.1, -0.05) is 54.0 Å². The van der Waals surface area contributed by atoms with E-state index in [1.165, 1.54) is 6.92 Å². The van der Waals surface area contributed by atoms with Gasteiger partial charge in [-0.25, -0.2) is 4.79 Å². The number of aliphatic carboxylic acids is 1. The van der Waals surface area contributed by atoms with E-state index in [2.05, 4.69) is 29.4 Å². The molecule has 7 nitrogen and oxygen atoms in total. The van der Waals surface area contributed by atoms with Crippen molar-refractivity contribution in [2.24, 2.45) is 11.3 Å². The van der Waals surface area contributed by atoms with Gasteiger partial charge in [0.2, 0.25) is 11.8 Å². The van der Waals surface area contributed by atoms with Crippen molar-refractivity contribution in [1.82, 2.24) is 15.5 Å². The number of hydrogen-bond donors (Lipinski definition) is 3. The van der Waals surface area contributed by atoms with Crippen molar-refractivity contribution >= 4 is 17.8 Å². The largest absolute Gasteiger partial charge is 0.478 e. The lowest BCUT2D eigenvalue weighted by Gasteiger charge is -2.40. The highest BCUT2D eigenvalue weighted by Gasteiger charge is 2.38. The Morgan fingerprint density at radius 2 is 1.74 bits per heavy atom. The number of rotatable bonds is 9. The highest BCUT2D eigenvalue weighted by molar-refractivity contribution is 5.91. The standard InChI is InChI=1S/C24H43N3O4/c1-9-17(5)27-13-11-10-12-19(27)21(28)26-20(24(6,7)8)22(29)25-18(15(2)3)14-16(4)23(30)31/h14-15,17-20H,9-13H2,1-8H3,(H,25,29)(H,26,28)(H,30,31)/b16-14+/t17?,18-,19?,20?/m1/s1. The summed E-state index contributed by atoms with van der Waals surface area (Å²) in [4.78, 5) is 40.0. The van der Waals surface area contributed by atoms with Crippen LogP contribution >= 0.6 is 0 Å². The van der Waals surface area contributed by atoms with Gasteiger partial charge in [-0.2, -0.15) is 0 Å². The second kappa shape index (κ2) is 11.7. The van der Waals surface area contributed by atoms with E-state index < -0.39 is 23.5 Å². The van der Waals surface area contributed by atoms with Gasteiger partial charge in [0.15, 0.2) is 0 Å². The fourth-order valence-corrected chi connectivity index (χ4v) is 3.90. The number of carbonyl (C=O) groups is 3. The van der Waals surface area contributed by atoms with E-state index >= 15 is 0 Å². The Morgan fingerprint density at radius 1 is 1.13 bits per heavy atom. The van der Waals surface area contributed by atoms with Crippen molar-refractivity contribution in [3.63, 3.8) is 0 Å². The van der Waals surface area contributed by atoms with Crippen molar-refractivity contribution in [3.8, 4) is 0 Å². The van der Waals surface area contributed by atoms with Gasteiger partial charge in [-0.05, 0) is 51.0 Å². The van der Waals surface area contributed by atoms with Crippen LogP contribution in [0, 0.1) is 11.3 Å². The predicted molar refractivity (Wildman–Crippen MR) is 124 cm³/mol. The molecule has 0 aromatic heterocycles. The first-order valence-electron chi connectivity index (χ1n) is 11.6. The molecule has 2 amide bonds. The molecule has 31 heavy (non-hydrogen) atoms. The second-order valence-electron chi connectivity index (χ2n) is 10.2. The van der Waals surface area contributed by atoms with Crippen LogP contribution in [0.25, 0.3) is 0 Å². The van der Waals surface area contributed by atoms with Crippen LogP contribution < -0.4 is 10.6 Å². The maximum absolute atomic E-state index is 13.3. The third-order valence-electron chi connectivity index (χ3n) is 6.21. The van der Waals surface area contributed by atoms with Crippen molar-refractivity contribution in [2.45, 2.75) is 105 Å². The summed E-state index contributed by atoms with van der Waals surface area (Å²) in [5.74, 6) is -1.40. The molecule has 3 N–H and O–H groups in total. The van der Waals surface area contributed by atoms with Crippen molar-refractivity contribution in [1.29, 1.82) is 0 Å². The van der Waals surface area contributed by atoms with Crippen molar-refractivity contribution in [3.05, 3.63) is 11.6 Å². The quantitative estimate of drug-likeness (QED) is 0.481. The topological polar surface area (TPSA) is 98.7 Å². The molecule has 1 aliphatic heterocycles. The molecule has 0 aromatic carbocycles. The first-order valence-corrected chi connectivity index (χ1v) is 11.6. The summed E-state index contributed by atoms with van der Waals surface area (Å²) in [6.07, 6.45) is 5.43. The number of amides is 2. The maximum Gasteiger partial charge on any atom is 0.331 e. The lowest BCUT2D eigenvalue weighted by atomic mass is 9.85. The summed E-state index contributed by atoms with van der Waals surface area (Å²) in [6.45, 7) is 16.3. The van der Waals surface area contributed by atoms with Crippen molar-refractivity contribution in [2.75, 3.05) is 6.54 Å². The number of carbonyl (C=O) groups excluding carboxylic acids is 2. The molecule has 0 aliphatic carbocycles. The van der Waals surface area contributed by atoms with Gasteiger partial charge >= 0.3 is 5.97 Å². The van der Waals surface area contributed by atoms with Crippen LogP contribution in [0.4, 0.5) is 0 Å². The second-order valence-corrected chi connectivity index (χ2v) is 10.2. The maximum atomic E-state index is 13.3. The fourth-order valence-electron chi connectivity index (χ4n) is 3.90. The Labute approximate surface area is 188 Å². The molecular weight excluding hydrogens is 394 g/mol. The number of nitrogens with one attached hydrogen (secondary N) is 2. The first kappa shape index (κ1) is 27.1. The number of carboxylic acid groups (broad SMARTS) is 1. The van der Waals surface area contributed by atoms with E-state index in [0.29, 0.717) is 6.04 Å². The highest BCUT2D eigenvalue weighted by atomic mass is 16.4. The lowest BCUT2D eigenvalue weighted by Crippen LogP contribution is -2.60. The van der Waals surface area contributed by atoms with E-state index in [9.17, 15) is 19.5 Å². The summed E-state index contributed by atoms with van der Waals surface area (Å²) in [5.41, 5.74) is -0.315. The van der Waals surface area contributed by atoms with Crippen molar-refractivity contribution < 1.29 is 19.5 Å². The zero-order chi connectivity index (χ0) is 23.9. The van der Waals surface area contributed by atoms with Gasteiger partial charge in [0.05, 0.1) is 12.1 Å². The summed E-state index contributed by atoms with van der Waals surface area (Å²) in [5, 5.41) is 15.2. The Bertz CT molecular complexity index is 666. The summed E-state index contributed by atoms with van der Waals surface area (Å²) in [7, 11) is 0. The number of likely N-dealkylation sites (tertiary alicyclic amines) is 1. The smallest absolute Gasteiger partial charge is 0.331 e. The minimum Gasteiger partial charge on any atom is -0.478 e. The molecule has 1 rings (SSSR count). The molecule has 0 radical (unpaired) electrons. The highest BCUT2D eigenvalue weighted by Crippen LogP contribution is 2.24. The average Bonchev–Trinajstić information content (AvgIpc) is 2.69. The molecule has 1 saturated heterocycles. The minimum absolute atomic E-state index is 0.00816. The van der Waals surface area contributed by atoms with Gasteiger partial charge in [-0.15, -0.1) is 0 Å². The Kier molecular flexibility index (Phi) is 10.2. The van der Waals surface area contributed by atoms with E-state index in [1.807, 2.05) is 34.6 Å². The Balaban J connectivity index is 3.04. The fraction of sp³-hybridized carbons (Fsp3) is 0.792. The number of nitrogens with zero attached hydrogens (tertiary/aromatic N) is 1. The van der Waals surface area contributed by atoms with Gasteiger partial charge in [0.25, 0.3) is 0 Å². The zero-order valence-corrected chi connectivity index (χ0v) is 20.6. The molecule has 4 atom stereocenters. The van der Waals surface area contributed by atoms with E-state index in [4.69, 9.17) is 0 Å². The predicted octanol–water partition coefficient (Wildman–Crippen LogP) is 3.34. The van der Waals surface area contributed by atoms with Gasteiger partial charge in [-0.3, -0.25) is 14.5 Å². The van der Waals surface area contributed by atoms with Crippen LogP contribution in [0.2, 0.25) is 0 Å². The van der Waals surface area contributed by atoms with Crippen LogP contribution in [-0.2, 0) is 14.4 Å². The van der Waals surface area contributed by atoms with Crippen LogP contribution in [0.3, 0.4) is 0 Å².